The number of rotatable bonds is 6. The predicted octanol–water partition coefficient (Wildman–Crippen LogP) is 2.60. The summed E-state index contributed by atoms with van der Waals surface area (Å²) in [6.45, 7) is 5.32. The Hall–Kier alpha value is -3.35. The molecule has 1 aliphatic carbocycles. The first kappa shape index (κ1) is 20.4. The van der Waals surface area contributed by atoms with E-state index in [1.54, 1.807) is 12.1 Å². The molecule has 0 heterocycles. The Bertz CT molecular complexity index is 954. The second kappa shape index (κ2) is 8.77. The summed E-state index contributed by atoms with van der Waals surface area (Å²) in [6.07, 6.45) is 0.444. The molecule has 152 valence electrons. The molecule has 2 aromatic rings. The summed E-state index contributed by atoms with van der Waals surface area (Å²) in [5.41, 5.74) is 8.13. The number of fused-ring (bicyclic) bond motifs is 1. The first-order valence-corrected chi connectivity index (χ1v) is 9.41. The molecule has 0 aliphatic heterocycles. The Labute approximate surface area is 169 Å². The van der Waals surface area contributed by atoms with E-state index in [1.165, 1.54) is 0 Å². The molecule has 3 rings (SSSR count). The molecule has 1 aliphatic rings. The molecular formula is C22H24N2O5. The zero-order chi connectivity index (χ0) is 21.0. The standard InChI is InChI=1S/C22H24N2O5/c1-13-5-4-6-16(9-13)28-11-19(26)23-24-20(27)12-29-18-8-7-14(2)21-15(3)10-17(25)22(18)21/h4-9,15H,10-12H2,1-3H3,(H,23,26)(H,24,27)/t15-/m1/s1. The topological polar surface area (TPSA) is 93.7 Å². The number of nitrogens with one attached hydrogen (secondary N) is 2. The fourth-order valence-corrected chi connectivity index (χ4v) is 3.44. The summed E-state index contributed by atoms with van der Waals surface area (Å²) in [5, 5.41) is 0. The quantitative estimate of drug-likeness (QED) is 0.732. The van der Waals surface area contributed by atoms with E-state index < -0.39 is 11.8 Å². The molecule has 29 heavy (non-hydrogen) atoms. The van der Waals surface area contributed by atoms with Gasteiger partial charge in [0.1, 0.15) is 11.5 Å². The smallest absolute Gasteiger partial charge is 0.276 e. The molecule has 2 N–H and O–H groups in total. The van der Waals surface area contributed by atoms with E-state index in [4.69, 9.17) is 9.47 Å². The van der Waals surface area contributed by atoms with E-state index in [1.807, 2.05) is 45.0 Å². The van der Waals surface area contributed by atoms with Crippen molar-refractivity contribution in [3.63, 3.8) is 0 Å². The van der Waals surface area contributed by atoms with Gasteiger partial charge in [0.2, 0.25) is 0 Å². The molecule has 0 saturated heterocycles. The van der Waals surface area contributed by atoms with Gasteiger partial charge in [0.15, 0.2) is 19.0 Å². The molecule has 0 saturated carbocycles. The Morgan fingerprint density at radius 1 is 1.03 bits per heavy atom. The van der Waals surface area contributed by atoms with Crippen LogP contribution < -0.4 is 20.3 Å². The fraction of sp³-hybridized carbons (Fsp3) is 0.318. The van der Waals surface area contributed by atoms with Crippen molar-refractivity contribution in [3.8, 4) is 11.5 Å². The highest BCUT2D eigenvalue weighted by molar-refractivity contribution is 6.04. The average Bonchev–Trinajstić information content (AvgIpc) is 2.99. The van der Waals surface area contributed by atoms with Crippen LogP contribution in [0.15, 0.2) is 36.4 Å². The normalized spacial score (nSPS) is 14.9. The van der Waals surface area contributed by atoms with E-state index in [-0.39, 0.29) is 24.9 Å². The minimum atomic E-state index is -0.540. The largest absolute Gasteiger partial charge is 0.484 e. The van der Waals surface area contributed by atoms with Crippen molar-refractivity contribution in [2.24, 2.45) is 0 Å². The molecule has 0 unspecified atom stereocenters. The highest BCUT2D eigenvalue weighted by Gasteiger charge is 2.31. The third kappa shape index (κ3) is 4.93. The van der Waals surface area contributed by atoms with Crippen LogP contribution in [0.4, 0.5) is 0 Å². The number of hydrogen-bond acceptors (Lipinski definition) is 5. The van der Waals surface area contributed by atoms with E-state index in [2.05, 4.69) is 10.9 Å². The summed E-state index contributed by atoms with van der Waals surface area (Å²) in [6, 6.07) is 10.9. The minimum Gasteiger partial charge on any atom is -0.484 e. The van der Waals surface area contributed by atoms with Crippen molar-refractivity contribution in [3.05, 3.63) is 58.7 Å². The van der Waals surface area contributed by atoms with Crippen molar-refractivity contribution in [2.75, 3.05) is 13.2 Å². The molecule has 2 amide bonds. The number of ether oxygens (including phenoxy) is 2. The highest BCUT2D eigenvalue weighted by atomic mass is 16.5. The molecule has 7 heteroatoms. The molecule has 1 atom stereocenters. The van der Waals surface area contributed by atoms with Crippen molar-refractivity contribution in [2.45, 2.75) is 33.1 Å². The SMILES string of the molecule is Cc1cccc(OCC(=O)NNC(=O)COc2ccc(C)c3c2C(=O)C[C@H]3C)c1. The average molecular weight is 396 g/mol. The highest BCUT2D eigenvalue weighted by Crippen LogP contribution is 2.40. The van der Waals surface area contributed by atoms with Gasteiger partial charge in [-0.05, 0) is 54.7 Å². The molecule has 7 nitrogen and oxygen atoms in total. The molecule has 0 radical (unpaired) electrons. The van der Waals surface area contributed by atoms with Gasteiger partial charge in [-0.25, -0.2) is 0 Å². The summed E-state index contributed by atoms with van der Waals surface area (Å²) < 4.78 is 10.9. The second-order valence-corrected chi connectivity index (χ2v) is 7.19. The summed E-state index contributed by atoms with van der Waals surface area (Å²) >= 11 is 0. The number of carbonyl (C=O) groups excluding carboxylic acids is 3. The van der Waals surface area contributed by atoms with Crippen LogP contribution in [-0.4, -0.2) is 30.8 Å². The zero-order valence-corrected chi connectivity index (χ0v) is 16.7. The van der Waals surface area contributed by atoms with Crippen LogP contribution in [0.1, 0.15) is 46.3 Å². The van der Waals surface area contributed by atoms with Gasteiger partial charge in [-0.1, -0.05) is 25.1 Å². The Kier molecular flexibility index (Phi) is 6.16. The van der Waals surface area contributed by atoms with Crippen molar-refractivity contribution in [1.82, 2.24) is 10.9 Å². The van der Waals surface area contributed by atoms with Gasteiger partial charge in [0, 0.05) is 6.42 Å². The van der Waals surface area contributed by atoms with E-state index in [9.17, 15) is 14.4 Å². The van der Waals surface area contributed by atoms with Gasteiger partial charge < -0.3 is 9.47 Å². The van der Waals surface area contributed by atoms with E-state index in [0.29, 0.717) is 23.5 Å². The van der Waals surface area contributed by atoms with Gasteiger partial charge in [0.05, 0.1) is 5.56 Å². The molecule has 0 bridgehead atoms. The van der Waals surface area contributed by atoms with Gasteiger partial charge in [-0.2, -0.15) is 0 Å². The number of benzene rings is 2. The van der Waals surface area contributed by atoms with Crippen LogP contribution in [-0.2, 0) is 9.59 Å². The number of ketones is 1. The summed E-state index contributed by atoms with van der Waals surface area (Å²) in [5.74, 6) is 0.0868. The third-order valence-corrected chi connectivity index (χ3v) is 4.75. The molecule has 0 spiro atoms. The molecule has 0 fully saturated rings. The maximum absolute atomic E-state index is 12.3. The third-order valence-electron chi connectivity index (χ3n) is 4.75. The summed E-state index contributed by atoms with van der Waals surface area (Å²) in [7, 11) is 0. The number of hydrogen-bond donors (Lipinski definition) is 2. The lowest BCUT2D eigenvalue weighted by atomic mass is 9.97. The number of carbonyl (C=O) groups is 3. The lowest BCUT2D eigenvalue weighted by Gasteiger charge is -2.13. The number of Topliss-reactive ketones (excluding diaryl/α,β-unsaturated/α-hetero) is 1. The maximum Gasteiger partial charge on any atom is 0.276 e. The van der Waals surface area contributed by atoms with Crippen molar-refractivity contribution in [1.29, 1.82) is 0 Å². The monoisotopic (exact) mass is 396 g/mol. The van der Waals surface area contributed by atoms with Crippen LogP contribution in [0.2, 0.25) is 0 Å². The van der Waals surface area contributed by atoms with Gasteiger partial charge >= 0.3 is 0 Å². The molecular weight excluding hydrogens is 372 g/mol. The first-order chi connectivity index (χ1) is 13.8. The zero-order valence-electron chi connectivity index (χ0n) is 16.7. The fourth-order valence-electron chi connectivity index (χ4n) is 3.44. The first-order valence-electron chi connectivity index (χ1n) is 9.41. The van der Waals surface area contributed by atoms with Gasteiger partial charge in [-0.3, -0.25) is 25.2 Å². The van der Waals surface area contributed by atoms with Crippen molar-refractivity contribution >= 4 is 17.6 Å². The maximum atomic E-state index is 12.3. The van der Waals surface area contributed by atoms with Gasteiger partial charge in [0.25, 0.3) is 11.8 Å². The lowest BCUT2D eigenvalue weighted by Crippen LogP contribution is -2.45. The lowest BCUT2D eigenvalue weighted by molar-refractivity contribution is -0.131. The minimum absolute atomic E-state index is 0.0215. The number of hydrazine groups is 1. The van der Waals surface area contributed by atoms with Crippen LogP contribution in [0.25, 0.3) is 0 Å². The van der Waals surface area contributed by atoms with Crippen LogP contribution in [0, 0.1) is 13.8 Å². The Morgan fingerprint density at radius 3 is 2.41 bits per heavy atom. The van der Waals surface area contributed by atoms with Crippen LogP contribution >= 0.6 is 0 Å². The van der Waals surface area contributed by atoms with Crippen molar-refractivity contribution < 1.29 is 23.9 Å². The number of aryl methyl sites for hydroxylation is 2. The number of amides is 2. The van der Waals surface area contributed by atoms with Crippen LogP contribution in [0.5, 0.6) is 11.5 Å². The van der Waals surface area contributed by atoms with E-state index >= 15 is 0 Å². The molecule has 2 aromatic carbocycles. The molecule has 0 aromatic heterocycles. The Balaban J connectivity index is 1.47. The second-order valence-electron chi connectivity index (χ2n) is 7.19. The summed E-state index contributed by atoms with van der Waals surface area (Å²) in [4.78, 5) is 36.1. The Morgan fingerprint density at radius 2 is 1.72 bits per heavy atom. The van der Waals surface area contributed by atoms with E-state index in [0.717, 1.165) is 16.7 Å². The van der Waals surface area contributed by atoms with Crippen LogP contribution in [0.3, 0.4) is 0 Å². The van der Waals surface area contributed by atoms with Gasteiger partial charge in [-0.15, -0.1) is 0 Å². The predicted molar refractivity (Wildman–Crippen MR) is 107 cm³/mol.